The molecule has 1 aromatic rings. The highest BCUT2D eigenvalue weighted by atomic mass is 28.2. The third-order valence-corrected chi connectivity index (χ3v) is 2.80. The van der Waals surface area contributed by atoms with Crippen molar-refractivity contribution in [1.82, 2.24) is 0 Å². The Kier molecular flexibility index (Phi) is 2.51. The summed E-state index contributed by atoms with van der Waals surface area (Å²) >= 11 is 0. The minimum Gasteiger partial charge on any atom is -0.496 e. The van der Waals surface area contributed by atoms with Gasteiger partial charge in [0.15, 0.2) is 0 Å². The second-order valence-corrected chi connectivity index (χ2v) is 3.55. The minimum absolute atomic E-state index is 0.105. The van der Waals surface area contributed by atoms with Crippen LogP contribution in [0.15, 0.2) is 18.2 Å². The van der Waals surface area contributed by atoms with Gasteiger partial charge in [-0.1, -0.05) is 24.7 Å². The lowest BCUT2D eigenvalue weighted by Crippen LogP contribution is -2.12. The van der Waals surface area contributed by atoms with Gasteiger partial charge in [-0.25, -0.2) is 0 Å². The molecule has 2 heteroatoms. The Balaban J connectivity index is 2.96. The smallest absolute Gasteiger partial charge is 0.125 e. The molecule has 0 atom stereocenters. The quantitative estimate of drug-likeness (QED) is 0.554. The van der Waals surface area contributed by atoms with Gasteiger partial charge in [-0.2, -0.15) is 0 Å². The molecule has 0 heterocycles. The van der Waals surface area contributed by atoms with Crippen LogP contribution in [-0.2, 0) is 0 Å². The fourth-order valence-electron chi connectivity index (χ4n) is 0.925. The van der Waals surface area contributed by atoms with Crippen molar-refractivity contribution in [3.8, 4) is 5.75 Å². The van der Waals surface area contributed by atoms with Gasteiger partial charge in [0.25, 0.3) is 0 Å². The number of hydrogen-bond donors (Lipinski definition) is 0. The monoisotopic (exact) mass is 151 g/mol. The molecule has 0 spiro atoms. The van der Waals surface area contributed by atoms with E-state index in [1.54, 1.807) is 7.11 Å². The molecular weight excluding hydrogens is 140 g/mol. The lowest BCUT2D eigenvalue weighted by Gasteiger charge is -2.03. The maximum absolute atomic E-state index is 5.12. The molecule has 0 amide bonds. The summed E-state index contributed by atoms with van der Waals surface area (Å²) in [6.07, 6.45) is 0. The van der Waals surface area contributed by atoms with Crippen molar-refractivity contribution < 1.29 is 4.74 Å². The maximum atomic E-state index is 5.12. The molecule has 0 bridgehead atoms. The average Bonchev–Trinajstić information content (AvgIpc) is 2.04. The van der Waals surface area contributed by atoms with Crippen molar-refractivity contribution in [2.75, 3.05) is 7.11 Å². The zero-order chi connectivity index (χ0) is 7.40. The molecule has 0 unspecified atom stereocenters. The van der Waals surface area contributed by atoms with Gasteiger partial charge < -0.3 is 4.74 Å². The summed E-state index contributed by atoms with van der Waals surface area (Å²) in [5, 5.41) is 1.35. The summed E-state index contributed by atoms with van der Waals surface area (Å²) in [5.41, 5.74) is 0. The third-order valence-electron chi connectivity index (χ3n) is 1.48. The van der Waals surface area contributed by atoms with Crippen LogP contribution in [0, 0.1) is 6.07 Å². The van der Waals surface area contributed by atoms with Crippen LogP contribution in [-0.4, -0.2) is 16.6 Å². The van der Waals surface area contributed by atoms with Crippen LogP contribution in [0.3, 0.4) is 0 Å². The van der Waals surface area contributed by atoms with E-state index in [2.05, 4.69) is 18.7 Å². The van der Waals surface area contributed by atoms with Crippen LogP contribution in [0.4, 0.5) is 0 Å². The summed E-state index contributed by atoms with van der Waals surface area (Å²) in [6, 6.07) is 9.05. The number of para-hydroxylation sites is 1. The van der Waals surface area contributed by atoms with Crippen LogP contribution in [0.1, 0.15) is 0 Å². The number of rotatable bonds is 2. The van der Waals surface area contributed by atoms with E-state index < -0.39 is 0 Å². The summed E-state index contributed by atoms with van der Waals surface area (Å²) in [6.45, 7) is 2.24. The van der Waals surface area contributed by atoms with Crippen molar-refractivity contribution in [3.63, 3.8) is 0 Å². The molecule has 0 aliphatic rings. The van der Waals surface area contributed by atoms with Crippen LogP contribution in [0.5, 0.6) is 5.75 Å². The Labute approximate surface area is 63.8 Å². The number of benzene rings is 1. The number of hydrogen-bond acceptors (Lipinski definition) is 1. The molecule has 0 aromatic heterocycles. The predicted octanol–water partition coefficient (Wildman–Crippen LogP) is 0.338. The van der Waals surface area contributed by atoms with E-state index in [1.807, 2.05) is 12.1 Å². The standard InChI is InChI=1S/C8H11OSi/c1-9-7-5-3-4-6-8(7)10-2/h3-4,6H,10H2,1-2H3. The van der Waals surface area contributed by atoms with Gasteiger partial charge in [0, 0.05) is 6.07 Å². The molecule has 0 aliphatic heterocycles. The molecular formula is C8H11OSi. The second kappa shape index (κ2) is 3.42. The van der Waals surface area contributed by atoms with Crippen molar-refractivity contribution in [2.45, 2.75) is 6.55 Å². The molecule has 0 saturated heterocycles. The topological polar surface area (TPSA) is 9.23 Å². The van der Waals surface area contributed by atoms with Gasteiger partial charge in [0.1, 0.15) is 5.75 Å². The first kappa shape index (κ1) is 7.35. The average molecular weight is 151 g/mol. The highest BCUT2D eigenvalue weighted by Gasteiger charge is 1.96. The zero-order valence-electron chi connectivity index (χ0n) is 6.35. The van der Waals surface area contributed by atoms with Crippen LogP contribution in [0.2, 0.25) is 6.55 Å². The first-order valence-corrected chi connectivity index (χ1v) is 5.54. The fraction of sp³-hybridized carbons (Fsp3) is 0.250. The van der Waals surface area contributed by atoms with Crippen molar-refractivity contribution in [3.05, 3.63) is 24.3 Å². The minimum atomic E-state index is -0.105. The maximum Gasteiger partial charge on any atom is 0.125 e. The van der Waals surface area contributed by atoms with E-state index in [0.717, 1.165) is 5.75 Å². The number of methoxy groups -OCH3 is 1. The summed E-state index contributed by atoms with van der Waals surface area (Å²) in [7, 11) is 1.59. The van der Waals surface area contributed by atoms with E-state index in [-0.39, 0.29) is 9.52 Å². The Morgan fingerprint density at radius 3 is 2.90 bits per heavy atom. The lowest BCUT2D eigenvalue weighted by atomic mass is 10.3. The second-order valence-electron chi connectivity index (χ2n) is 2.08. The van der Waals surface area contributed by atoms with E-state index in [4.69, 9.17) is 4.74 Å². The van der Waals surface area contributed by atoms with Crippen molar-refractivity contribution in [2.24, 2.45) is 0 Å². The van der Waals surface area contributed by atoms with E-state index in [9.17, 15) is 0 Å². The Morgan fingerprint density at radius 2 is 2.40 bits per heavy atom. The SMILES string of the molecule is COc1[c]cccc1[SiH2]C. The fourth-order valence-corrected chi connectivity index (χ4v) is 1.86. The van der Waals surface area contributed by atoms with Gasteiger partial charge in [0.2, 0.25) is 0 Å². The van der Waals surface area contributed by atoms with Crippen molar-refractivity contribution in [1.29, 1.82) is 0 Å². The highest BCUT2D eigenvalue weighted by Crippen LogP contribution is 2.02. The molecule has 1 rings (SSSR count). The first-order valence-electron chi connectivity index (χ1n) is 3.42. The summed E-state index contributed by atoms with van der Waals surface area (Å²) in [4.78, 5) is 0. The predicted molar refractivity (Wildman–Crippen MR) is 45.9 cm³/mol. The molecule has 1 aromatic carbocycles. The van der Waals surface area contributed by atoms with Gasteiger partial charge in [0.05, 0.1) is 16.6 Å². The zero-order valence-corrected chi connectivity index (χ0v) is 7.76. The largest absolute Gasteiger partial charge is 0.496 e. The van der Waals surface area contributed by atoms with Gasteiger partial charge in [-0.15, -0.1) is 0 Å². The van der Waals surface area contributed by atoms with Crippen LogP contribution in [0.25, 0.3) is 0 Å². The summed E-state index contributed by atoms with van der Waals surface area (Å²) in [5.74, 6) is 0.927. The van der Waals surface area contributed by atoms with Gasteiger partial charge in [-0.3, -0.25) is 0 Å². The van der Waals surface area contributed by atoms with Gasteiger partial charge in [-0.05, 0) is 5.19 Å². The Bertz CT molecular complexity index is 187. The normalized spacial score (nSPS) is 10.6. The van der Waals surface area contributed by atoms with Crippen LogP contribution >= 0.6 is 0 Å². The molecule has 1 radical (unpaired) electrons. The molecule has 0 N–H and O–H groups in total. The molecule has 53 valence electrons. The van der Waals surface area contributed by atoms with Crippen molar-refractivity contribution >= 4 is 14.7 Å². The third kappa shape index (κ3) is 1.39. The molecule has 1 nitrogen and oxygen atoms in total. The van der Waals surface area contributed by atoms with E-state index in [0.29, 0.717) is 0 Å². The Morgan fingerprint density at radius 1 is 1.60 bits per heavy atom. The molecule has 0 saturated carbocycles. The lowest BCUT2D eigenvalue weighted by molar-refractivity contribution is 0.417. The highest BCUT2D eigenvalue weighted by molar-refractivity contribution is 6.53. The first-order chi connectivity index (χ1) is 4.88. The van der Waals surface area contributed by atoms with Crippen LogP contribution < -0.4 is 9.92 Å². The number of ether oxygens (including phenoxy) is 1. The van der Waals surface area contributed by atoms with Gasteiger partial charge >= 0.3 is 0 Å². The molecule has 10 heavy (non-hydrogen) atoms. The Hall–Kier alpha value is -0.763. The molecule has 0 fully saturated rings. The van der Waals surface area contributed by atoms with E-state index >= 15 is 0 Å². The van der Waals surface area contributed by atoms with E-state index in [1.165, 1.54) is 5.19 Å². The molecule has 0 aliphatic carbocycles. The summed E-state index contributed by atoms with van der Waals surface area (Å²) < 4.78 is 5.12.